The van der Waals surface area contributed by atoms with Gasteiger partial charge in [0.25, 0.3) is 5.91 Å². The second-order valence-electron chi connectivity index (χ2n) is 5.61. The van der Waals surface area contributed by atoms with Crippen LogP contribution in [0, 0.1) is 11.7 Å². The maximum Gasteiger partial charge on any atom is 0.256 e. The van der Waals surface area contributed by atoms with E-state index in [2.05, 4.69) is 4.98 Å². The third kappa shape index (κ3) is 2.61. The topological polar surface area (TPSA) is 53.4 Å². The molecule has 1 aromatic heterocycles. The number of likely N-dealkylation sites (tertiary alicyclic amines) is 1. The summed E-state index contributed by atoms with van der Waals surface area (Å²) in [6.07, 6.45) is 1.80. The van der Waals surface area contributed by atoms with Gasteiger partial charge in [-0.2, -0.15) is 0 Å². The molecule has 1 aliphatic heterocycles. The van der Waals surface area contributed by atoms with Gasteiger partial charge in [-0.15, -0.1) is 0 Å². The molecule has 2 heterocycles. The van der Waals surface area contributed by atoms with Crippen molar-refractivity contribution in [3.63, 3.8) is 0 Å². The molecule has 0 saturated carbocycles. The number of carbonyl (C=O) groups excluding carboxylic acids is 1. The number of benzene rings is 1. The molecule has 1 amide bonds. The number of fused-ring (bicyclic) bond motifs is 1. The molecule has 1 aliphatic rings. The van der Waals surface area contributed by atoms with Crippen LogP contribution in [0.4, 0.5) is 4.39 Å². The number of nitrogens with zero attached hydrogens (tertiary/aromatic N) is 2. The van der Waals surface area contributed by atoms with Crippen LogP contribution in [0.3, 0.4) is 0 Å². The minimum Gasteiger partial charge on any atom is -0.391 e. The normalized spacial score (nSPS) is 22.5. The number of β-amino-alcohol motifs (C(OH)–C–C–N with tert-alkyl or cyclic N) is 1. The summed E-state index contributed by atoms with van der Waals surface area (Å²) in [5, 5.41) is 10.5. The Morgan fingerprint density at radius 1 is 1.48 bits per heavy atom. The van der Waals surface area contributed by atoms with Gasteiger partial charge in [0.1, 0.15) is 5.82 Å². The molecule has 2 unspecified atom stereocenters. The molecular weight excluding hydrogens is 271 g/mol. The molecule has 1 aromatic carbocycles. The van der Waals surface area contributed by atoms with Crippen LogP contribution in [0.5, 0.6) is 0 Å². The highest BCUT2D eigenvalue weighted by Crippen LogP contribution is 2.23. The number of carbonyl (C=O) groups is 1. The molecule has 1 fully saturated rings. The van der Waals surface area contributed by atoms with Gasteiger partial charge in [-0.05, 0) is 30.5 Å². The van der Waals surface area contributed by atoms with Gasteiger partial charge >= 0.3 is 0 Å². The molecule has 0 aliphatic carbocycles. The van der Waals surface area contributed by atoms with E-state index < -0.39 is 11.9 Å². The molecule has 2 aromatic rings. The molecule has 0 radical (unpaired) electrons. The Balaban J connectivity index is 1.98. The number of halogens is 1. The number of amides is 1. The Kier molecular flexibility index (Phi) is 3.59. The number of aromatic nitrogens is 1. The van der Waals surface area contributed by atoms with Crippen LogP contribution in [-0.4, -0.2) is 40.1 Å². The van der Waals surface area contributed by atoms with Gasteiger partial charge < -0.3 is 10.0 Å². The lowest BCUT2D eigenvalue weighted by Gasteiger charge is -2.34. The van der Waals surface area contributed by atoms with Crippen LogP contribution < -0.4 is 0 Å². The zero-order valence-corrected chi connectivity index (χ0v) is 11.8. The van der Waals surface area contributed by atoms with E-state index in [0.29, 0.717) is 17.4 Å². The van der Waals surface area contributed by atoms with E-state index in [0.717, 1.165) is 6.42 Å². The van der Waals surface area contributed by atoms with Gasteiger partial charge in [-0.3, -0.25) is 9.78 Å². The van der Waals surface area contributed by atoms with Crippen molar-refractivity contribution >= 4 is 16.8 Å². The van der Waals surface area contributed by atoms with E-state index in [1.165, 1.54) is 12.1 Å². The highest BCUT2D eigenvalue weighted by Gasteiger charge is 2.29. The average Bonchev–Trinajstić information content (AvgIpc) is 2.48. The lowest BCUT2D eigenvalue weighted by atomic mass is 9.95. The number of hydrogen-bond donors (Lipinski definition) is 1. The van der Waals surface area contributed by atoms with Crippen molar-refractivity contribution < 1.29 is 14.3 Å². The van der Waals surface area contributed by atoms with Crippen molar-refractivity contribution in [1.29, 1.82) is 0 Å². The van der Waals surface area contributed by atoms with Gasteiger partial charge in [0.15, 0.2) is 0 Å². The van der Waals surface area contributed by atoms with Crippen LogP contribution in [0.25, 0.3) is 10.9 Å². The van der Waals surface area contributed by atoms with Crippen molar-refractivity contribution in [2.75, 3.05) is 13.1 Å². The molecule has 3 rings (SSSR count). The Labute approximate surface area is 122 Å². The van der Waals surface area contributed by atoms with E-state index in [9.17, 15) is 14.3 Å². The number of aliphatic hydroxyl groups excluding tert-OH is 1. The summed E-state index contributed by atoms with van der Waals surface area (Å²) in [5.74, 6) is -0.551. The fourth-order valence-electron chi connectivity index (χ4n) is 2.72. The first-order chi connectivity index (χ1) is 10.1. The predicted molar refractivity (Wildman–Crippen MR) is 77.4 cm³/mol. The van der Waals surface area contributed by atoms with E-state index in [4.69, 9.17) is 0 Å². The SMILES string of the molecule is CC1CCN(C(=O)c2cc(F)cc3cccnc23)CC1O. The van der Waals surface area contributed by atoms with Crippen molar-refractivity contribution in [2.24, 2.45) is 5.92 Å². The summed E-state index contributed by atoms with van der Waals surface area (Å²) >= 11 is 0. The second kappa shape index (κ2) is 5.41. The molecule has 5 heteroatoms. The minimum absolute atomic E-state index is 0.177. The van der Waals surface area contributed by atoms with Crippen molar-refractivity contribution in [3.8, 4) is 0 Å². The number of piperidine rings is 1. The number of aliphatic hydroxyl groups is 1. The average molecular weight is 288 g/mol. The summed E-state index contributed by atoms with van der Waals surface area (Å²) in [5.41, 5.74) is 0.754. The largest absolute Gasteiger partial charge is 0.391 e. The Morgan fingerprint density at radius 3 is 3.05 bits per heavy atom. The third-order valence-corrected chi connectivity index (χ3v) is 4.11. The summed E-state index contributed by atoms with van der Waals surface area (Å²) in [6, 6.07) is 6.03. The third-order valence-electron chi connectivity index (χ3n) is 4.11. The summed E-state index contributed by atoms with van der Waals surface area (Å²) in [7, 11) is 0. The Morgan fingerprint density at radius 2 is 2.29 bits per heavy atom. The molecule has 0 bridgehead atoms. The fraction of sp³-hybridized carbons (Fsp3) is 0.375. The highest BCUT2D eigenvalue weighted by molar-refractivity contribution is 6.05. The van der Waals surface area contributed by atoms with Gasteiger partial charge in [-0.25, -0.2) is 4.39 Å². The van der Waals surface area contributed by atoms with Crippen LogP contribution in [-0.2, 0) is 0 Å². The number of hydrogen-bond acceptors (Lipinski definition) is 3. The van der Waals surface area contributed by atoms with Crippen LogP contribution in [0.1, 0.15) is 23.7 Å². The van der Waals surface area contributed by atoms with Crippen molar-refractivity contribution in [1.82, 2.24) is 9.88 Å². The first-order valence-electron chi connectivity index (χ1n) is 7.08. The van der Waals surface area contributed by atoms with Crippen LogP contribution >= 0.6 is 0 Å². The molecule has 110 valence electrons. The van der Waals surface area contributed by atoms with E-state index >= 15 is 0 Å². The second-order valence-corrected chi connectivity index (χ2v) is 5.61. The van der Waals surface area contributed by atoms with Crippen molar-refractivity contribution in [2.45, 2.75) is 19.4 Å². The zero-order valence-electron chi connectivity index (χ0n) is 11.8. The maximum absolute atomic E-state index is 13.7. The smallest absolute Gasteiger partial charge is 0.256 e. The molecule has 21 heavy (non-hydrogen) atoms. The molecule has 1 saturated heterocycles. The molecular formula is C16H17FN2O2. The molecule has 1 N–H and O–H groups in total. The molecule has 4 nitrogen and oxygen atoms in total. The lowest BCUT2D eigenvalue weighted by molar-refractivity contribution is 0.0249. The van der Waals surface area contributed by atoms with E-state index in [1.54, 1.807) is 23.2 Å². The Bertz CT molecular complexity index is 689. The van der Waals surface area contributed by atoms with Gasteiger partial charge in [0.05, 0.1) is 17.2 Å². The number of pyridine rings is 1. The maximum atomic E-state index is 13.7. The summed E-state index contributed by atoms with van der Waals surface area (Å²) in [4.78, 5) is 18.4. The monoisotopic (exact) mass is 288 g/mol. The van der Waals surface area contributed by atoms with E-state index in [-0.39, 0.29) is 23.9 Å². The predicted octanol–water partition coefficient (Wildman–Crippen LogP) is 2.22. The Hall–Kier alpha value is -2.01. The van der Waals surface area contributed by atoms with Crippen LogP contribution in [0.2, 0.25) is 0 Å². The first-order valence-corrected chi connectivity index (χ1v) is 7.08. The fourth-order valence-corrected chi connectivity index (χ4v) is 2.72. The van der Waals surface area contributed by atoms with Crippen LogP contribution in [0.15, 0.2) is 30.5 Å². The highest BCUT2D eigenvalue weighted by atomic mass is 19.1. The minimum atomic E-state index is -0.532. The lowest BCUT2D eigenvalue weighted by Crippen LogP contribution is -2.45. The first kappa shape index (κ1) is 13.9. The van der Waals surface area contributed by atoms with Gasteiger partial charge in [-0.1, -0.05) is 13.0 Å². The summed E-state index contributed by atoms with van der Waals surface area (Å²) < 4.78 is 13.7. The number of rotatable bonds is 1. The molecule has 2 atom stereocenters. The van der Waals surface area contributed by atoms with E-state index in [1.807, 2.05) is 6.92 Å². The van der Waals surface area contributed by atoms with Gasteiger partial charge in [0.2, 0.25) is 0 Å². The van der Waals surface area contributed by atoms with Crippen molar-refractivity contribution in [3.05, 3.63) is 41.8 Å². The standard InChI is InChI=1S/C16H17FN2O2/c1-10-4-6-19(9-14(10)20)16(21)13-8-12(17)7-11-3-2-5-18-15(11)13/h2-3,5,7-8,10,14,20H,4,6,9H2,1H3. The zero-order chi connectivity index (χ0) is 15.0. The quantitative estimate of drug-likeness (QED) is 0.875. The molecule has 0 spiro atoms. The van der Waals surface area contributed by atoms with Gasteiger partial charge in [0, 0.05) is 24.7 Å². The summed E-state index contributed by atoms with van der Waals surface area (Å²) in [6.45, 7) is 2.82.